The third-order valence-electron chi connectivity index (χ3n) is 2.59. The number of benzene rings is 1. The molecular weight excluding hydrogens is 238 g/mol. The summed E-state index contributed by atoms with van der Waals surface area (Å²) in [6.45, 7) is 2.07. The summed E-state index contributed by atoms with van der Waals surface area (Å²) in [5, 5.41) is 3.42. The van der Waals surface area contributed by atoms with Crippen LogP contribution in [-0.4, -0.2) is 13.1 Å². The quantitative estimate of drug-likeness (QED) is 0.757. The van der Waals surface area contributed by atoms with Crippen molar-refractivity contribution in [3.63, 3.8) is 0 Å². The zero-order chi connectivity index (χ0) is 9.80. The van der Waals surface area contributed by atoms with Crippen LogP contribution in [0.2, 0.25) is 0 Å². The molecule has 1 aromatic rings. The molecule has 2 heteroatoms. The molecule has 1 aromatic carbocycles. The highest BCUT2D eigenvalue weighted by Gasteiger charge is 2.13. The molecule has 1 heterocycles. The molecular formula is C12H14BrN. The van der Waals surface area contributed by atoms with Crippen LogP contribution in [0.3, 0.4) is 0 Å². The Morgan fingerprint density at radius 1 is 1.21 bits per heavy atom. The van der Waals surface area contributed by atoms with Crippen molar-refractivity contribution in [2.24, 2.45) is 0 Å². The number of allylic oxidation sites excluding steroid dienone is 1. The fourth-order valence-corrected chi connectivity index (χ4v) is 2.42. The Morgan fingerprint density at radius 2 is 2.07 bits per heavy atom. The molecule has 0 amide bonds. The lowest BCUT2D eigenvalue weighted by atomic mass is 9.96. The molecule has 0 saturated carbocycles. The third kappa shape index (κ3) is 2.25. The van der Waals surface area contributed by atoms with Crippen molar-refractivity contribution < 1.29 is 0 Å². The summed E-state index contributed by atoms with van der Waals surface area (Å²) in [7, 11) is 0. The summed E-state index contributed by atoms with van der Waals surface area (Å²) in [5.41, 5.74) is 1.41. The molecule has 1 nitrogen and oxygen atoms in total. The Morgan fingerprint density at radius 3 is 2.93 bits per heavy atom. The molecule has 1 atom stereocenters. The van der Waals surface area contributed by atoms with Crippen LogP contribution in [0.5, 0.6) is 0 Å². The average molecular weight is 252 g/mol. The molecule has 1 N–H and O–H groups in total. The van der Waals surface area contributed by atoms with Crippen molar-refractivity contribution in [3.05, 3.63) is 46.5 Å². The summed E-state index contributed by atoms with van der Waals surface area (Å²) < 4.78 is 1.22. The third-order valence-corrected chi connectivity index (χ3v) is 3.31. The van der Waals surface area contributed by atoms with E-state index in [4.69, 9.17) is 0 Å². The van der Waals surface area contributed by atoms with Gasteiger partial charge in [-0.15, -0.1) is 0 Å². The molecule has 0 aromatic heterocycles. The minimum absolute atomic E-state index is 0.601. The van der Waals surface area contributed by atoms with E-state index >= 15 is 0 Å². The van der Waals surface area contributed by atoms with Crippen LogP contribution in [0, 0.1) is 0 Å². The first-order chi connectivity index (χ1) is 6.88. The second-order valence-corrected chi connectivity index (χ2v) is 4.44. The Labute approximate surface area is 93.3 Å². The van der Waals surface area contributed by atoms with Gasteiger partial charge in [0.1, 0.15) is 0 Å². The van der Waals surface area contributed by atoms with Crippen LogP contribution in [0.25, 0.3) is 0 Å². The van der Waals surface area contributed by atoms with Gasteiger partial charge in [0, 0.05) is 23.5 Å². The van der Waals surface area contributed by atoms with E-state index in [1.54, 1.807) is 0 Å². The first-order valence-electron chi connectivity index (χ1n) is 4.98. The normalized spacial score (nSPS) is 21.9. The SMILES string of the molecule is Brc1ccccc1C1CC=CCNC1. The monoisotopic (exact) mass is 251 g/mol. The number of nitrogens with one attached hydrogen (secondary N) is 1. The van der Waals surface area contributed by atoms with E-state index in [1.807, 2.05) is 0 Å². The van der Waals surface area contributed by atoms with Crippen molar-refractivity contribution in [3.8, 4) is 0 Å². The Bertz CT molecular complexity index is 333. The highest BCUT2D eigenvalue weighted by Crippen LogP contribution is 2.27. The van der Waals surface area contributed by atoms with Gasteiger partial charge in [-0.05, 0) is 18.1 Å². The van der Waals surface area contributed by atoms with Crippen LogP contribution < -0.4 is 5.32 Å². The molecule has 0 fully saturated rings. The number of halogens is 1. The van der Waals surface area contributed by atoms with Gasteiger partial charge in [-0.2, -0.15) is 0 Å². The van der Waals surface area contributed by atoms with E-state index in [1.165, 1.54) is 10.0 Å². The molecule has 74 valence electrons. The average Bonchev–Trinajstić information content (AvgIpc) is 2.47. The van der Waals surface area contributed by atoms with Gasteiger partial charge in [0.15, 0.2) is 0 Å². The first-order valence-corrected chi connectivity index (χ1v) is 5.77. The van der Waals surface area contributed by atoms with Crippen molar-refractivity contribution in [1.29, 1.82) is 0 Å². The second-order valence-electron chi connectivity index (χ2n) is 3.58. The summed E-state index contributed by atoms with van der Waals surface area (Å²) in [6, 6.07) is 8.49. The Kier molecular flexibility index (Phi) is 3.38. The van der Waals surface area contributed by atoms with Crippen molar-refractivity contribution >= 4 is 15.9 Å². The smallest absolute Gasteiger partial charge is 0.0210 e. The number of hydrogen-bond donors (Lipinski definition) is 1. The van der Waals surface area contributed by atoms with Gasteiger partial charge in [-0.25, -0.2) is 0 Å². The summed E-state index contributed by atoms with van der Waals surface area (Å²) in [4.78, 5) is 0. The van der Waals surface area contributed by atoms with Gasteiger partial charge in [-0.3, -0.25) is 0 Å². The predicted molar refractivity (Wildman–Crippen MR) is 63.5 cm³/mol. The molecule has 0 spiro atoms. The van der Waals surface area contributed by atoms with Crippen LogP contribution in [0.15, 0.2) is 40.9 Å². The zero-order valence-corrected chi connectivity index (χ0v) is 9.63. The maximum Gasteiger partial charge on any atom is 0.0210 e. The molecule has 0 bridgehead atoms. The second kappa shape index (κ2) is 4.76. The largest absolute Gasteiger partial charge is 0.313 e. The van der Waals surface area contributed by atoms with Crippen molar-refractivity contribution in [2.75, 3.05) is 13.1 Å². The van der Waals surface area contributed by atoms with E-state index in [2.05, 4.69) is 57.7 Å². The summed E-state index contributed by atoms with van der Waals surface area (Å²) in [5.74, 6) is 0.601. The fourth-order valence-electron chi connectivity index (χ4n) is 1.81. The topological polar surface area (TPSA) is 12.0 Å². The standard InChI is InChI=1S/C12H14BrN/c13-12-7-2-1-6-11(12)10-5-3-4-8-14-9-10/h1-4,6-7,10,14H,5,8-9H2. The lowest BCUT2D eigenvalue weighted by molar-refractivity contribution is 0.630. The number of hydrogen-bond acceptors (Lipinski definition) is 1. The molecule has 1 aliphatic heterocycles. The first kappa shape index (κ1) is 9.94. The van der Waals surface area contributed by atoms with Crippen molar-refractivity contribution in [2.45, 2.75) is 12.3 Å². The lowest BCUT2D eigenvalue weighted by Crippen LogP contribution is -2.19. The molecule has 0 radical (unpaired) electrons. The fraction of sp³-hybridized carbons (Fsp3) is 0.333. The van der Waals surface area contributed by atoms with Gasteiger partial charge in [0.05, 0.1) is 0 Å². The van der Waals surface area contributed by atoms with Crippen LogP contribution in [0.1, 0.15) is 17.9 Å². The minimum atomic E-state index is 0.601. The zero-order valence-electron chi connectivity index (χ0n) is 8.04. The molecule has 1 unspecified atom stereocenters. The Balaban J connectivity index is 2.21. The van der Waals surface area contributed by atoms with Gasteiger partial charge in [0.2, 0.25) is 0 Å². The van der Waals surface area contributed by atoms with Crippen LogP contribution >= 0.6 is 15.9 Å². The summed E-state index contributed by atoms with van der Waals surface area (Å²) in [6.07, 6.45) is 5.61. The van der Waals surface area contributed by atoms with E-state index in [0.29, 0.717) is 5.92 Å². The van der Waals surface area contributed by atoms with Gasteiger partial charge in [-0.1, -0.05) is 46.3 Å². The predicted octanol–water partition coefficient (Wildman–Crippen LogP) is 3.08. The minimum Gasteiger partial charge on any atom is -0.313 e. The van der Waals surface area contributed by atoms with Crippen LogP contribution in [-0.2, 0) is 0 Å². The van der Waals surface area contributed by atoms with E-state index < -0.39 is 0 Å². The van der Waals surface area contributed by atoms with Crippen molar-refractivity contribution in [1.82, 2.24) is 5.32 Å². The molecule has 0 aliphatic carbocycles. The summed E-state index contributed by atoms with van der Waals surface area (Å²) >= 11 is 3.61. The molecule has 1 aliphatic rings. The van der Waals surface area contributed by atoms with E-state index in [9.17, 15) is 0 Å². The van der Waals surface area contributed by atoms with Gasteiger partial charge >= 0.3 is 0 Å². The maximum atomic E-state index is 3.61. The maximum absolute atomic E-state index is 3.61. The Hall–Kier alpha value is -0.600. The molecule has 14 heavy (non-hydrogen) atoms. The van der Waals surface area contributed by atoms with E-state index in [-0.39, 0.29) is 0 Å². The van der Waals surface area contributed by atoms with E-state index in [0.717, 1.165) is 19.5 Å². The molecule has 2 rings (SSSR count). The highest BCUT2D eigenvalue weighted by atomic mass is 79.9. The highest BCUT2D eigenvalue weighted by molar-refractivity contribution is 9.10. The lowest BCUT2D eigenvalue weighted by Gasteiger charge is -2.15. The number of rotatable bonds is 1. The molecule has 0 saturated heterocycles. The van der Waals surface area contributed by atoms with Gasteiger partial charge < -0.3 is 5.32 Å². The van der Waals surface area contributed by atoms with Gasteiger partial charge in [0.25, 0.3) is 0 Å². The van der Waals surface area contributed by atoms with Crippen LogP contribution in [0.4, 0.5) is 0 Å².